The predicted molar refractivity (Wildman–Crippen MR) is 38.1 cm³/mol. The molecule has 1 fully saturated rings. The van der Waals surface area contributed by atoms with Gasteiger partial charge in [-0.1, -0.05) is 6.08 Å². The lowest BCUT2D eigenvalue weighted by Crippen LogP contribution is -2.13. The van der Waals surface area contributed by atoms with Gasteiger partial charge in [0.1, 0.15) is 0 Å². The fourth-order valence-electron chi connectivity index (χ4n) is 1.66. The maximum absolute atomic E-state index is 12.1. The van der Waals surface area contributed by atoms with Gasteiger partial charge in [0.2, 0.25) is 0 Å². The molecule has 0 spiro atoms. The first kappa shape index (κ1) is 6.83. The monoisotopic (exact) mass is 157 g/mol. The molecule has 0 aliphatic carbocycles. The third-order valence-corrected chi connectivity index (χ3v) is 2.23. The summed E-state index contributed by atoms with van der Waals surface area (Å²) in [6.07, 6.45) is 2.06. The lowest BCUT2D eigenvalue weighted by atomic mass is 10.2. The van der Waals surface area contributed by atoms with Crippen LogP contribution in [0.3, 0.4) is 0 Å². The zero-order chi connectivity index (χ0) is 7.84. The van der Waals surface area contributed by atoms with Crippen molar-refractivity contribution in [3.8, 4) is 0 Å². The van der Waals surface area contributed by atoms with E-state index in [-0.39, 0.29) is 0 Å². The summed E-state index contributed by atoms with van der Waals surface area (Å²) in [5, 5.41) is 0. The van der Waals surface area contributed by atoms with Crippen molar-refractivity contribution in [2.75, 3.05) is 13.1 Å². The van der Waals surface area contributed by atoms with Crippen molar-refractivity contribution in [3.63, 3.8) is 0 Å². The van der Waals surface area contributed by atoms with Crippen molar-refractivity contribution in [3.05, 3.63) is 23.4 Å². The summed E-state index contributed by atoms with van der Waals surface area (Å²) in [4.78, 5) is 2.02. The van der Waals surface area contributed by atoms with E-state index in [4.69, 9.17) is 0 Å². The first-order chi connectivity index (χ1) is 5.27. The maximum atomic E-state index is 12.1. The van der Waals surface area contributed by atoms with Gasteiger partial charge >= 0.3 is 0 Å². The molecular formula is C8H9F2N. The first-order valence-electron chi connectivity index (χ1n) is 3.74. The molecule has 2 heterocycles. The molecule has 0 amide bonds. The van der Waals surface area contributed by atoms with Gasteiger partial charge in [-0.05, 0) is 6.42 Å². The predicted octanol–water partition coefficient (Wildman–Crippen LogP) is 2.13. The van der Waals surface area contributed by atoms with E-state index in [0.29, 0.717) is 18.5 Å². The van der Waals surface area contributed by atoms with Crippen LogP contribution in [0.15, 0.2) is 23.4 Å². The van der Waals surface area contributed by atoms with Crippen LogP contribution in [0, 0.1) is 0 Å². The highest BCUT2D eigenvalue weighted by Gasteiger charge is 2.26. The van der Waals surface area contributed by atoms with Crippen LogP contribution in [0.25, 0.3) is 0 Å². The molecular weight excluding hydrogens is 148 g/mol. The van der Waals surface area contributed by atoms with Crippen LogP contribution in [-0.2, 0) is 0 Å². The smallest absolute Gasteiger partial charge is 0.271 e. The van der Waals surface area contributed by atoms with Gasteiger partial charge in [0.25, 0.3) is 6.08 Å². The van der Waals surface area contributed by atoms with Gasteiger partial charge in [-0.15, -0.1) is 0 Å². The second kappa shape index (κ2) is 2.32. The lowest BCUT2D eigenvalue weighted by Gasteiger charge is -2.10. The highest BCUT2D eigenvalue weighted by molar-refractivity contribution is 5.27. The highest BCUT2D eigenvalue weighted by atomic mass is 19.3. The number of nitrogens with zero attached hydrogens (tertiary/aromatic N) is 1. The number of fused-ring (bicyclic) bond motifs is 1. The second-order valence-electron chi connectivity index (χ2n) is 2.95. The van der Waals surface area contributed by atoms with Crippen LogP contribution < -0.4 is 0 Å². The van der Waals surface area contributed by atoms with Crippen LogP contribution in [-0.4, -0.2) is 18.0 Å². The van der Waals surface area contributed by atoms with E-state index < -0.39 is 6.08 Å². The molecule has 11 heavy (non-hydrogen) atoms. The molecule has 0 aromatic carbocycles. The van der Waals surface area contributed by atoms with E-state index in [1.54, 1.807) is 0 Å². The minimum Gasteiger partial charge on any atom is -0.370 e. The van der Waals surface area contributed by atoms with Crippen LogP contribution in [0.1, 0.15) is 12.8 Å². The van der Waals surface area contributed by atoms with Gasteiger partial charge in [-0.3, -0.25) is 0 Å². The van der Waals surface area contributed by atoms with Gasteiger partial charge in [0, 0.05) is 30.8 Å². The number of hydrogen-bond donors (Lipinski definition) is 0. The molecule has 1 saturated heterocycles. The van der Waals surface area contributed by atoms with Gasteiger partial charge in [-0.2, -0.15) is 8.78 Å². The number of hydrogen-bond acceptors (Lipinski definition) is 1. The summed E-state index contributed by atoms with van der Waals surface area (Å²) in [5.41, 5.74) is 1.39. The van der Waals surface area contributed by atoms with Crippen LogP contribution in [0.5, 0.6) is 0 Å². The lowest BCUT2D eigenvalue weighted by molar-refractivity contribution is 0.396. The average Bonchev–Trinajstić information content (AvgIpc) is 2.40. The van der Waals surface area contributed by atoms with E-state index in [9.17, 15) is 8.78 Å². The van der Waals surface area contributed by atoms with Crippen molar-refractivity contribution in [1.82, 2.24) is 4.90 Å². The van der Waals surface area contributed by atoms with E-state index >= 15 is 0 Å². The highest BCUT2D eigenvalue weighted by Crippen LogP contribution is 2.32. The number of allylic oxidation sites excluding steroid dienone is 1. The Kier molecular flexibility index (Phi) is 1.44. The molecule has 0 bridgehead atoms. The molecule has 1 nitrogen and oxygen atoms in total. The molecule has 0 unspecified atom stereocenters. The van der Waals surface area contributed by atoms with Gasteiger partial charge in [-0.25, -0.2) is 0 Å². The average molecular weight is 157 g/mol. The largest absolute Gasteiger partial charge is 0.370 e. The standard InChI is InChI=1S/C8H9F2N/c9-8(10)6-4-7-2-1-3-11(7)5-6/h2H,1,3-5H2. The zero-order valence-electron chi connectivity index (χ0n) is 6.11. The SMILES string of the molecule is FC(F)=C1CC2=CCCN2C1. The van der Waals surface area contributed by atoms with Gasteiger partial charge in [0.15, 0.2) is 0 Å². The van der Waals surface area contributed by atoms with E-state index in [1.807, 2.05) is 4.90 Å². The molecule has 0 aromatic rings. The fraction of sp³-hybridized carbons (Fsp3) is 0.500. The molecule has 0 N–H and O–H groups in total. The topological polar surface area (TPSA) is 3.24 Å². The van der Waals surface area contributed by atoms with Crippen molar-refractivity contribution < 1.29 is 8.78 Å². The first-order valence-corrected chi connectivity index (χ1v) is 3.74. The summed E-state index contributed by atoms with van der Waals surface area (Å²) in [6.45, 7) is 1.38. The summed E-state index contributed by atoms with van der Waals surface area (Å²) >= 11 is 0. The quantitative estimate of drug-likeness (QED) is 0.520. The molecule has 0 aromatic heterocycles. The Bertz CT molecular complexity index is 238. The van der Waals surface area contributed by atoms with E-state index in [2.05, 4.69) is 6.08 Å². The van der Waals surface area contributed by atoms with Crippen molar-refractivity contribution in [1.29, 1.82) is 0 Å². The Morgan fingerprint density at radius 2 is 2.27 bits per heavy atom. The minimum absolute atomic E-state index is 0.302. The maximum Gasteiger partial charge on any atom is 0.271 e. The molecule has 2 aliphatic rings. The van der Waals surface area contributed by atoms with Crippen molar-refractivity contribution in [2.45, 2.75) is 12.8 Å². The summed E-state index contributed by atoms with van der Waals surface area (Å²) < 4.78 is 24.1. The Morgan fingerprint density at radius 3 is 2.91 bits per heavy atom. The van der Waals surface area contributed by atoms with E-state index in [0.717, 1.165) is 18.7 Å². The summed E-state index contributed by atoms with van der Waals surface area (Å²) in [6, 6.07) is 0. The zero-order valence-corrected chi connectivity index (χ0v) is 6.11. The number of halogens is 2. The van der Waals surface area contributed by atoms with E-state index in [1.165, 1.54) is 0 Å². The van der Waals surface area contributed by atoms with Gasteiger partial charge < -0.3 is 4.90 Å². The Labute approximate surface area is 64.0 Å². The van der Waals surface area contributed by atoms with Crippen LogP contribution in [0.2, 0.25) is 0 Å². The normalized spacial score (nSPS) is 22.2. The van der Waals surface area contributed by atoms with Crippen molar-refractivity contribution in [2.24, 2.45) is 0 Å². The summed E-state index contributed by atoms with van der Waals surface area (Å²) in [7, 11) is 0. The summed E-state index contributed by atoms with van der Waals surface area (Å²) in [5.74, 6) is 0. The van der Waals surface area contributed by atoms with Crippen LogP contribution >= 0.6 is 0 Å². The Morgan fingerprint density at radius 1 is 1.45 bits per heavy atom. The number of rotatable bonds is 0. The molecule has 0 saturated carbocycles. The third-order valence-electron chi connectivity index (χ3n) is 2.23. The minimum atomic E-state index is -1.49. The molecule has 0 atom stereocenters. The third kappa shape index (κ3) is 1.04. The van der Waals surface area contributed by atoms with Crippen LogP contribution in [0.4, 0.5) is 8.78 Å². The second-order valence-corrected chi connectivity index (χ2v) is 2.95. The molecule has 0 radical (unpaired) electrons. The Balaban J connectivity index is 2.22. The molecule has 3 heteroatoms. The van der Waals surface area contributed by atoms with Crippen molar-refractivity contribution >= 4 is 0 Å². The van der Waals surface area contributed by atoms with Gasteiger partial charge in [0.05, 0.1) is 0 Å². The molecule has 2 rings (SSSR count). The Hall–Kier alpha value is -0.860. The molecule has 2 aliphatic heterocycles. The molecule has 60 valence electrons. The fourth-order valence-corrected chi connectivity index (χ4v) is 1.66.